The SMILES string of the molecule is CCN(c1ccc(NC(=O)Cc2cc(Cl)c3c(c2)OCCO3)cc1)C(C)C. The molecule has 3 rings (SSSR count). The van der Waals surface area contributed by atoms with E-state index in [1.807, 2.05) is 30.3 Å². The molecule has 0 radical (unpaired) electrons. The Balaban J connectivity index is 1.65. The molecule has 2 aromatic carbocycles. The third-order valence-corrected chi connectivity index (χ3v) is 4.75. The Morgan fingerprint density at radius 1 is 1.19 bits per heavy atom. The number of fused-ring (bicyclic) bond motifs is 1. The summed E-state index contributed by atoms with van der Waals surface area (Å²) in [7, 11) is 0. The van der Waals surface area contributed by atoms with Crippen LogP contribution in [0.3, 0.4) is 0 Å². The molecule has 0 aliphatic carbocycles. The van der Waals surface area contributed by atoms with E-state index in [1.165, 1.54) is 0 Å². The number of nitrogens with zero attached hydrogens (tertiary/aromatic N) is 1. The quantitative estimate of drug-likeness (QED) is 0.790. The minimum absolute atomic E-state index is 0.105. The number of halogens is 1. The monoisotopic (exact) mass is 388 g/mol. The van der Waals surface area contributed by atoms with E-state index in [2.05, 4.69) is 31.0 Å². The van der Waals surface area contributed by atoms with Gasteiger partial charge in [0.1, 0.15) is 13.2 Å². The molecule has 1 aliphatic heterocycles. The van der Waals surface area contributed by atoms with Crippen molar-refractivity contribution in [3.63, 3.8) is 0 Å². The first-order valence-electron chi connectivity index (χ1n) is 9.22. The van der Waals surface area contributed by atoms with Crippen LogP contribution < -0.4 is 19.7 Å². The number of hydrogen-bond donors (Lipinski definition) is 1. The lowest BCUT2D eigenvalue weighted by atomic mass is 10.1. The zero-order valence-corrected chi connectivity index (χ0v) is 16.7. The van der Waals surface area contributed by atoms with Gasteiger partial charge in [-0.2, -0.15) is 0 Å². The van der Waals surface area contributed by atoms with E-state index < -0.39 is 0 Å². The minimum Gasteiger partial charge on any atom is -0.486 e. The van der Waals surface area contributed by atoms with Gasteiger partial charge in [-0.3, -0.25) is 4.79 Å². The number of benzene rings is 2. The normalized spacial score (nSPS) is 12.8. The summed E-state index contributed by atoms with van der Waals surface area (Å²) in [6, 6.07) is 11.9. The summed E-state index contributed by atoms with van der Waals surface area (Å²) >= 11 is 6.24. The van der Waals surface area contributed by atoms with E-state index >= 15 is 0 Å². The van der Waals surface area contributed by atoms with Crippen LogP contribution in [-0.4, -0.2) is 31.7 Å². The van der Waals surface area contributed by atoms with E-state index in [0.717, 1.165) is 23.5 Å². The maximum absolute atomic E-state index is 12.4. The van der Waals surface area contributed by atoms with E-state index in [1.54, 1.807) is 6.07 Å². The van der Waals surface area contributed by atoms with E-state index in [-0.39, 0.29) is 12.3 Å². The Hall–Kier alpha value is -2.40. The Labute approximate surface area is 165 Å². The Morgan fingerprint density at radius 2 is 1.89 bits per heavy atom. The first kappa shape index (κ1) is 19.4. The van der Waals surface area contributed by atoms with Crippen LogP contribution in [0.15, 0.2) is 36.4 Å². The number of ether oxygens (including phenoxy) is 2. The second kappa shape index (κ2) is 8.53. The van der Waals surface area contributed by atoms with Crippen molar-refractivity contribution in [3.05, 3.63) is 47.0 Å². The van der Waals surface area contributed by atoms with Crippen LogP contribution in [0.2, 0.25) is 5.02 Å². The summed E-state index contributed by atoms with van der Waals surface area (Å²) in [6.45, 7) is 8.36. The third-order valence-electron chi connectivity index (χ3n) is 4.47. The van der Waals surface area contributed by atoms with Gasteiger partial charge in [0.25, 0.3) is 0 Å². The van der Waals surface area contributed by atoms with Crippen molar-refractivity contribution in [2.45, 2.75) is 33.2 Å². The smallest absolute Gasteiger partial charge is 0.228 e. The van der Waals surface area contributed by atoms with Crippen LogP contribution in [0.25, 0.3) is 0 Å². The molecule has 0 atom stereocenters. The molecule has 0 spiro atoms. The number of anilines is 2. The fourth-order valence-electron chi connectivity index (χ4n) is 3.24. The maximum Gasteiger partial charge on any atom is 0.228 e. The molecule has 2 aromatic rings. The summed E-state index contributed by atoms with van der Waals surface area (Å²) < 4.78 is 11.1. The molecular formula is C21H25ClN2O3. The van der Waals surface area contributed by atoms with Crippen LogP contribution >= 0.6 is 11.6 Å². The Kier molecular flexibility index (Phi) is 6.11. The lowest BCUT2D eigenvalue weighted by Crippen LogP contribution is -2.30. The predicted molar refractivity (Wildman–Crippen MR) is 109 cm³/mol. The van der Waals surface area contributed by atoms with Crippen LogP contribution in [-0.2, 0) is 11.2 Å². The number of rotatable bonds is 6. The van der Waals surface area contributed by atoms with Gasteiger partial charge in [0.2, 0.25) is 5.91 Å². The molecular weight excluding hydrogens is 364 g/mol. The number of carbonyl (C=O) groups is 1. The third kappa shape index (κ3) is 4.66. The second-order valence-corrected chi connectivity index (χ2v) is 7.16. The van der Waals surface area contributed by atoms with Crippen molar-refractivity contribution < 1.29 is 14.3 Å². The molecule has 0 fully saturated rings. The lowest BCUT2D eigenvalue weighted by Gasteiger charge is -2.27. The fraction of sp³-hybridized carbons (Fsp3) is 0.381. The van der Waals surface area contributed by atoms with Gasteiger partial charge in [-0.05, 0) is 62.7 Å². The van der Waals surface area contributed by atoms with Gasteiger partial charge >= 0.3 is 0 Å². The highest BCUT2D eigenvalue weighted by atomic mass is 35.5. The first-order valence-corrected chi connectivity index (χ1v) is 9.60. The molecule has 0 aromatic heterocycles. The predicted octanol–water partition coefficient (Wildman–Crippen LogP) is 4.53. The van der Waals surface area contributed by atoms with Gasteiger partial charge in [0.05, 0.1) is 11.4 Å². The first-order chi connectivity index (χ1) is 13.0. The molecule has 1 amide bonds. The van der Waals surface area contributed by atoms with Gasteiger partial charge in [0, 0.05) is 24.0 Å². The van der Waals surface area contributed by atoms with Crippen molar-refractivity contribution in [2.24, 2.45) is 0 Å². The van der Waals surface area contributed by atoms with Gasteiger partial charge in [-0.25, -0.2) is 0 Å². The van der Waals surface area contributed by atoms with E-state index in [4.69, 9.17) is 21.1 Å². The Morgan fingerprint density at radius 3 is 2.56 bits per heavy atom. The van der Waals surface area contributed by atoms with E-state index in [0.29, 0.717) is 35.8 Å². The summed E-state index contributed by atoms with van der Waals surface area (Å²) in [5, 5.41) is 3.40. The van der Waals surface area contributed by atoms with Gasteiger partial charge in [0.15, 0.2) is 11.5 Å². The highest BCUT2D eigenvalue weighted by molar-refractivity contribution is 6.32. The number of carbonyl (C=O) groups excluding carboxylic acids is 1. The lowest BCUT2D eigenvalue weighted by molar-refractivity contribution is -0.115. The maximum atomic E-state index is 12.4. The molecule has 1 heterocycles. The zero-order chi connectivity index (χ0) is 19.4. The molecule has 0 unspecified atom stereocenters. The van der Waals surface area contributed by atoms with Crippen LogP contribution in [0, 0.1) is 0 Å². The molecule has 0 bridgehead atoms. The van der Waals surface area contributed by atoms with Gasteiger partial charge in [-0.15, -0.1) is 0 Å². The molecule has 6 heteroatoms. The van der Waals surface area contributed by atoms with E-state index in [9.17, 15) is 4.79 Å². The van der Waals surface area contributed by atoms with Crippen molar-refractivity contribution in [1.82, 2.24) is 0 Å². The summed E-state index contributed by atoms with van der Waals surface area (Å²) in [6.07, 6.45) is 0.213. The van der Waals surface area contributed by atoms with Crippen LogP contribution in [0.1, 0.15) is 26.3 Å². The standard InChI is InChI=1S/C21H25ClN2O3/c1-4-24(14(2)3)17-7-5-16(6-8-17)23-20(25)13-15-11-18(22)21-19(12-15)26-9-10-27-21/h5-8,11-12,14H,4,9-10,13H2,1-3H3,(H,23,25). The van der Waals surface area contributed by atoms with Crippen molar-refractivity contribution >= 4 is 28.9 Å². The van der Waals surface area contributed by atoms with Crippen LogP contribution in [0.4, 0.5) is 11.4 Å². The highest BCUT2D eigenvalue weighted by Crippen LogP contribution is 2.38. The zero-order valence-electron chi connectivity index (χ0n) is 15.9. The van der Waals surface area contributed by atoms with Crippen LogP contribution in [0.5, 0.6) is 11.5 Å². The average molecular weight is 389 g/mol. The minimum atomic E-state index is -0.105. The molecule has 27 heavy (non-hydrogen) atoms. The molecule has 0 saturated heterocycles. The largest absolute Gasteiger partial charge is 0.486 e. The molecule has 5 nitrogen and oxygen atoms in total. The Bertz CT molecular complexity index is 806. The van der Waals surface area contributed by atoms with Crippen molar-refractivity contribution in [1.29, 1.82) is 0 Å². The van der Waals surface area contributed by atoms with Gasteiger partial charge in [-0.1, -0.05) is 11.6 Å². The summed E-state index contributed by atoms with van der Waals surface area (Å²) in [5.41, 5.74) is 2.70. The van der Waals surface area contributed by atoms with Crippen molar-refractivity contribution in [3.8, 4) is 11.5 Å². The topological polar surface area (TPSA) is 50.8 Å². The molecule has 1 aliphatic rings. The molecule has 0 saturated carbocycles. The second-order valence-electron chi connectivity index (χ2n) is 6.75. The number of amides is 1. The molecule has 1 N–H and O–H groups in total. The number of nitrogens with one attached hydrogen (secondary N) is 1. The van der Waals surface area contributed by atoms with Gasteiger partial charge < -0.3 is 19.7 Å². The molecule has 144 valence electrons. The summed E-state index contributed by atoms with van der Waals surface area (Å²) in [4.78, 5) is 14.7. The fourth-order valence-corrected chi connectivity index (χ4v) is 3.53. The van der Waals surface area contributed by atoms with Crippen molar-refractivity contribution in [2.75, 3.05) is 30.0 Å². The highest BCUT2D eigenvalue weighted by Gasteiger charge is 2.18. The average Bonchev–Trinajstić information content (AvgIpc) is 2.63. The summed E-state index contributed by atoms with van der Waals surface area (Å²) in [5.74, 6) is 1.04. The number of hydrogen-bond acceptors (Lipinski definition) is 4.